The summed E-state index contributed by atoms with van der Waals surface area (Å²) in [5.41, 5.74) is 2.78. The summed E-state index contributed by atoms with van der Waals surface area (Å²) in [4.78, 5) is 12.5. The van der Waals surface area contributed by atoms with Gasteiger partial charge in [-0.2, -0.15) is 10.2 Å². The Morgan fingerprint density at radius 2 is 1.90 bits per heavy atom. The number of hydrogen-bond acceptors (Lipinski definition) is 4. The van der Waals surface area contributed by atoms with Crippen LogP contribution >= 0.6 is 11.6 Å². The van der Waals surface area contributed by atoms with E-state index in [4.69, 9.17) is 16.0 Å². The van der Waals surface area contributed by atoms with Gasteiger partial charge in [-0.05, 0) is 49.7 Å². The van der Waals surface area contributed by atoms with E-state index in [1.807, 2.05) is 24.6 Å². The average molecular weight is 428 g/mol. The zero-order valence-corrected chi connectivity index (χ0v) is 17.2. The number of halogens is 2. The molecule has 0 spiro atoms. The summed E-state index contributed by atoms with van der Waals surface area (Å²) in [6.45, 7) is 4.70. The van der Waals surface area contributed by atoms with E-state index in [-0.39, 0.29) is 17.4 Å². The van der Waals surface area contributed by atoms with Gasteiger partial charge in [-0.25, -0.2) is 4.39 Å². The first kappa shape index (κ1) is 19.9. The molecule has 0 radical (unpaired) electrons. The van der Waals surface area contributed by atoms with E-state index in [1.165, 1.54) is 12.1 Å². The summed E-state index contributed by atoms with van der Waals surface area (Å²) in [7, 11) is 0. The van der Waals surface area contributed by atoms with Crippen LogP contribution in [-0.4, -0.2) is 25.5 Å². The number of benzene rings is 1. The van der Waals surface area contributed by atoms with E-state index in [0.29, 0.717) is 23.9 Å². The van der Waals surface area contributed by atoms with Gasteiger partial charge >= 0.3 is 0 Å². The molecule has 0 aliphatic carbocycles. The molecule has 0 bridgehead atoms. The molecular formula is C21H19ClFN5O2. The third-order valence-corrected chi connectivity index (χ3v) is 4.78. The standard InChI is InChI=1S/C21H19ClFN5O2/c1-13-9-14(2)28(25-13)11-17-7-8-19(30-17)21(29)24-20-18(22)12-27(26-20)10-15-3-5-16(23)6-4-15/h3-9,12H,10-11H2,1-2H3,(H,24,26,29). The number of carbonyl (C=O) groups is 1. The zero-order chi connectivity index (χ0) is 21.3. The molecule has 30 heavy (non-hydrogen) atoms. The van der Waals surface area contributed by atoms with E-state index in [0.717, 1.165) is 17.0 Å². The van der Waals surface area contributed by atoms with Crippen molar-refractivity contribution in [2.75, 3.05) is 5.32 Å². The van der Waals surface area contributed by atoms with Crippen molar-refractivity contribution in [3.63, 3.8) is 0 Å². The van der Waals surface area contributed by atoms with Gasteiger partial charge in [0.25, 0.3) is 5.91 Å². The molecule has 3 aromatic heterocycles. The van der Waals surface area contributed by atoms with E-state index in [9.17, 15) is 9.18 Å². The van der Waals surface area contributed by atoms with Crippen molar-refractivity contribution in [3.8, 4) is 0 Å². The van der Waals surface area contributed by atoms with Gasteiger partial charge in [0.15, 0.2) is 11.6 Å². The number of nitrogens with one attached hydrogen (secondary N) is 1. The van der Waals surface area contributed by atoms with Crippen LogP contribution in [0.1, 0.15) is 33.3 Å². The number of furan rings is 1. The number of amides is 1. The van der Waals surface area contributed by atoms with Crippen molar-refractivity contribution in [1.82, 2.24) is 19.6 Å². The Morgan fingerprint density at radius 1 is 1.13 bits per heavy atom. The van der Waals surface area contributed by atoms with Gasteiger partial charge in [0.1, 0.15) is 16.6 Å². The molecule has 4 aromatic rings. The van der Waals surface area contributed by atoms with Crippen LogP contribution < -0.4 is 5.32 Å². The Hall–Kier alpha value is -3.39. The van der Waals surface area contributed by atoms with E-state index in [1.54, 1.807) is 35.1 Å². The molecule has 1 N–H and O–H groups in total. The maximum absolute atomic E-state index is 13.0. The first-order valence-corrected chi connectivity index (χ1v) is 9.63. The fraction of sp³-hybridized carbons (Fsp3) is 0.190. The molecule has 4 rings (SSSR count). The predicted octanol–water partition coefficient (Wildman–Crippen LogP) is 4.43. The van der Waals surface area contributed by atoms with E-state index < -0.39 is 5.91 Å². The summed E-state index contributed by atoms with van der Waals surface area (Å²) in [6.07, 6.45) is 1.59. The fourth-order valence-corrected chi connectivity index (χ4v) is 3.27. The van der Waals surface area contributed by atoms with Crippen LogP contribution in [0.2, 0.25) is 5.02 Å². The number of hydrogen-bond donors (Lipinski definition) is 1. The monoisotopic (exact) mass is 427 g/mol. The Bertz CT molecular complexity index is 1190. The minimum Gasteiger partial charge on any atom is -0.454 e. The molecule has 0 atom stereocenters. The van der Waals surface area contributed by atoms with Crippen LogP contribution in [-0.2, 0) is 13.1 Å². The predicted molar refractivity (Wildman–Crippen MR) is 110 cm³/mol. The summed E-state index contributed by atoms with van der Waals surface area (Å²) in [5.74, 6) is 0.222. The number of aromatic nitrogens is 4. The van der Waals surface area contributed by atoms with Gasteiger partial charge in [0.05, 0.1) is 18.8 Å². The number of aryl methyl sites for hydroxylation is 2. The van der Waals surface area contributed by atoms with Crippen molar-refractivity contribution in [3.05, 3.63) is 88.0 Å². The van der Waals surface area contributed by atoms with Crippen LogP contribution in [0.5, 0.6) is 0 Å². The third-order valence-electron chi connectivity index (χ3n) is 4.50. The quantitative estimate of drug-likeness (QED) is 0.493. The van der Waals surface area contributed by atoms with Crippen LogP contribution in [0.25, 0.3) is 0 Å². The summed E-state index contributed by atoms with van der Waals surface area (Å²) in [6, 6.07) is 11.4. The van der Waals surface area contributed by atoms with Crippen molar-refractivity contribution in [2.24, 2.45) is 0 Å². The van der Waals surface area contributed by atoms with E-state index >= 15 is 0 Å². The highest BCUT2D eigenvalue weighted by molar-refractivity contribution is 6.33. The van der Waals surface area contributed by atoms with Crippen molar-refractivity contribution < 1.29 is 13.6 Å². The molecule has 0 aliphatic heterocycles. The topological polar surface area (TPSA) is 77.9 Å². The lowest BCUT2D eigenvalue weighted by atomic mass is 10.2. The number of anilines is 1. The van der Waals surface area contributed by atoms with Crippen LogP contribution in [0.15, 0.2) is 53.1 Å². The number of nitrogens with zero attached hydrogens (tertiary/aromatic N) is 4. The highest BCUT2D eigenvalue weighted by Gasteiger charge is 2.16. The van der Waals surface area contributed by atoms with Gasteiger partial charge in [0, 0.05) is 11.9 Å². The minimum atomic E-state index is -0.455. The van der Waals surface area contributed by atoms with Crippen LogP contribution in [0.4, 0.5) is 10.2 Å². The molecule has 0 aliphatic rings. The molecule has 154 valence electrons. The molecule has 0 saturated heterocycles. The Balaban J connectivity index is 1.42. The van der Waals surface area contributed by atoms with Crippen molar-refractivity contribution in [2.45, 2.75) is 26.9 Å². The molecule has 0 unspecified atom stereocenters. The lowest BCUT2D eigenvalue weighted by Crippen LogP contribution is -2.12. The van der Waals surface area contributed by atoms with Gasteiger partial charge in [-0.3, -0.25) is 14.2 Å². The Kier molecular flexibility index (Phi) is 5.41. The maximum atomic E-state index is 13.0. The number of carbonyl (C=O) groups excluding carboxylic acids is 1. The maximum Gasteiger partial charge on any atom is 0.292 e. The lowest BCUT2D eigenvalue weighted by Gasteiger charge is -2.03. The van der Waals surface area contributed by atoms with Crippen molar-refractivity contribution >= 4 is 23.3 Å². The first-order valence-electron chi connectivity index (χ1n) is 9.26. The molecular weight excluding hydrogens is 409 g/mol. The second-order valence-electron chi connectivity index (χ2n) is 6.95. The van der Waals surface area contributed by atoms with Crippen LogP contribution in [0, 0.1) is 19.7 Å². The average Bonchev–Trinajstić information content (AvgIpc) is 3.38. The molecule has 9 heteroatoms. The largest absolute Gasteiger partial charge is 0.454 e. The second kappa shape index (κ2) is 8.16. The zero-order valence-electron chi connectivity index (χ0n) is 16.4. The van der Waals surface area contributed by atoms with Gasteiger partial charge < -0.3 is 9.73 Å². The minimum absolute atomic E-state index is 0.149. The van der Waals surface area contributed by atoms with Crippen LogP contribution in [0.3, 0.4) is 0 Å². The Morgan fingerprint density at radius 3 is 2.60 bits per heavy atom. The molecule has 3 heterocycles. The highest BCUT2D eigenvalue weighted by Crippen LogP contribution is 2.21. The molecule has 1 aromatic carbocycles. The van der Waals surface area contributed by atoms with Gasteiger partial charge in [-0.1, -0.05) is 23.7 Å². The summed E-state index contributed by atoms with van der Waals surface area (Å²) in [5, 5.41) is 11.6. The SMILES string of the molecule is Cc1cc(C)n(Cc2ccc(C(=O)Nc3nn(Cc4ccc(F)cc4)cc3Cl)o2)n1. The summed E-state index contributed by atoms with van der Waals surface area (Å²) >= 11 is 6.20. The fourth-order valence-electron chi connectivity index (χ4n) is 3.08. The summed E-state index contributed by atoms with van der Waals surface area (Å²) < 4.78 is 22.1. The van der Waals surface area contributed by atoms with E-state index in [2.05, 4.69) is 15.5 Å². The van der Waals surface area contributed by atoms with Gasteiger partial charge in [0.2, 0.25) is 0 Å². The number of rotatable bonds is 6. The smallest absolute Gasteiger partial charge is 0.292 e. The molecule has 0 saturated carbocycles. The molecule has 0 fully saturated rings. The third kappa shape index (κ3) is 4.44. The Labute approximate surface area is 177 Å². The second-order valence-corrected chi connectivity index (χ2v) is 7.36. The molecule has 7 nitrogen and oxygen atoms in total. The lowest BCUT2D eigenvalue weighted by molar-refractivity contribution is 0.0994. The first-order chi connectivity index (χ1) is 14.4. The van der Waals surface area contributed by atoms with Gasteiger partial charge in [-0.15, -0.1) is 0 Å². The highest BCUT2D eigenvalue weighted by atomic mass is 35.5. The molecule has 1 amide bonds. The normalized spacial score (nSPS) is 11.1. The van der Waals surface area contributed by atoms with Crippen molar-refractivity contribution in [1.29, 1.82) is 0 Å².